The van der Waals surface area contributed by atoms with Gasteiger partial charge in [-0.25, -0.2) is 0 Å². The largest absolute Gasteiger partial charge is 0.388 e. The van der Waals surface area contributed by atoms with Gasteiger partial charge in [0.25, 0.3) is 0 Å². The standard InChI is InChI=1S/C11H15NO/c1-3-9-4-5-10(6-7-13)11(8-9)12-2/h4-5,7-8,12H,3,6H2,1-2H3. The molecule has 1 rings (SSSR count). The van der Waals surface area contributed by atoms with E-state index in [2.05, 4.69) is 24.4 Å². The molecule has 0 spiro atoms. The monoisotopic (exact) mass is 177 g/mol. The molecule has 1 N–H and O–H groups in total. The Morgan fingerprint density at radius 1 is 1.46 bits per heavy atom. The maximum Gasteiger partial charge on any atom is 0.124 e. The zero-order valence-electron chi connectivity index (χ0n) is 8.13. The number of hydrogen-bond donors (Lipinski definition) is 1. The minimum absolute atomic E-state index is 0.486. The smallest absolute Gasteiger partial charge is 0.124 e. The van der Waals surface area contributed by atoms with Gasteiger partial charge in [0.2, 0.25) is 0 Å². The summed E-state index contributed by atoms with van der Waals surface area (Å²) in [5, 5.41) is 3.10. The van der Waals surface area contributed by atoms with E-state index in [1.165, 1.54) is 5.56 Å². The number of rotatable bonds is 4. The van der Waals surface area contributed by atoms with Gasteiger partial charge in [-0.1, -0.05) is 19.1 Å². The van der Waals surface area contributed by atoms with Crippen LogP contribution in [0.5, 0.6) is 0 Å². The lowest BCUT2D eigenvalue weighted by Gasteiger charge is -2.08. The van der Waals surface area contributed by atoms with E-state index >= 15 is 0 Å². The van der Waals surface area contributed by atoms with Gasteiger partial charge in [0.15, 0.2) is 0 Å². The van der Waals surface area contributed by atoms with Crippen LogP contribution in [-0.2, 0) is 17.6 Å². The molecule has 2 heteroatoms. The number of benzene rings is 1. The average molecular weight is 177 g/mol. The molecule has 1 aromatic carbocycles. The molecular weight excluding hydrogens is 162 g/mol. The van der Waals surface area contributed by atoms with Gasteiger partial charge < -0.3 is 10.1 Å². The molecule has 0 saturated heterocycles. The van der Waals surface area contributed by atoms with Gasteiger partial charge in [0, 0.05) is 19.2 Å². The second-order valence-corrected chi connectivity index (χ2v) is 2.97. The Morgan fingerprint density at radius 3 is 2.77 bits per heavy atom. The zero-order chi connectivity index (χ0) is 9.68. The van der Waals surface area contributed by atoms with Crippen LogP contribution in [0.2, 0.25) is 0 Å². The highest BCUT2D eigenvalue weighted by Gasteiger charge is 2.00. The van der Waals surface area contributed by atoms with Crippen LogP contribution in [0.25, 0.3) is 0 Å². The van der Waals surface area contributed by atoms with Crippen molar-refractivity contribution in [2.75, 3.05) is 12.4 Å². The molecule has 0 unspecified atom stereocenters. The summed E-state index contributed by atoms with van der Waals surface area (Å²) in [7, 11) is 1.88. The van der Waals surface area contributed by atoms with Crippen LogP contribution in [0.1, 0.15) is 18.1 Å². The summed E-state index contributed by atoms with van der Waals surface area (Å²) in [6.07, 6.45) is 2.44. The lowest BCUT2D eigenvalue weighted by molar-refractivity contribution is -0.107. The van der Waals surface area contributed by atoms with E-state index in [1.807, 2.05) is 13.1 Å². The van der Waals surface area contributed by atoms with Crippen molar-refractivity contribution in [3.05, 3.63) is 29.3 Å². The SMILES string of the molecule is CCc1ccc(CC=O)c(NC)c1. The Kier molecular flexibility index (Phi) is 3.50. The highest BCUT2D eigenvalue weighted by atomic mass is 16.1. The van der Waals surface area contributed by atoms with Crippen LogP contribution in [0.15, 0.2) is 18.2 Å². The number of carbonyl (C=O) groups excluding carboxylic acids is 1. The van der Waals surface area contributed by atoms with Crippen LogP contribution < -0.4 is 5.32 Å². The molecular formula is C11H15NO. The zero-order valence-corrected chi connectivity index (χ0v) is 8.13. The highest BCUT2D eigenvalue weighted by Crippen LogP contribution is 2.17. The molecule has 0 saturated carbocycles. The van der Waals surface area contributed by atoms with E-state index in [1.54, 1.807) is 0 Å². The van der Waals surface area contributed by atoms with E-state index in [9.17, 15) is 4.79 Å². The fraction of sp³-hybridized carbons (Fsp3) is 0.364. The molecule has 0 atom stereocenters. The quantitative estimate of drug-likeness (QED) is 0.713. The second kappa shape index (κ2) is 4.65. The van der Waals surface area contributed by atoms with Crippen molar-refractivity contribution in [3.63, 3.8) is 0 Å². The first-order chi connectivity index (χ1) is 6.31. The van der Waals surface area contributed by atoms with E-state index < -0.39 is 0 Å². The van der Waals surface area contributed by atoms with Gasteiger partial charge in [-0.2, -0.15) is 0 Å². The third-order valence-corrected chi connectivity index (χ3v) is 2.16. The molecule has 0 bridgehead atoms. The third-order valence-electron chi connectivity index (χ3n) is 2.16. The normalized spacial score (nSPS) is 9.69. The summed E-state index contributed by atoms with van der Waals surface area (Å²) in [6, 6.07) is 6.18. The van der Waals surface area contributed by atoms with Gasteiger partial charge in [-0.15, -0.1) is 0 Å². The van der Waals surface area contributed by atoms with E-state index in [0.29, 0.717) is 6.42 Å². The predicted molar refractivity (Wildman–Crippen MR) is 55.1 cm³/mol. The van der Waals surface area contributed by atoms with Gasteiger partial charge in [-0.05, 0) is 23.6 Å². The van der Waals surface area contributed by atoms with Crippen molar-refractivity contribution in [1.29, 1.82) is 0 Å². The van der Waals surface area contributed by atoms with Crippen LogP contribution >= 0.6 is 0 Å². The number of nitrogens with one attached hydrogen (secondary N) is 1. The van der Waals surface area contributed by atoms with Gasteiger partial charge in [-0.3, -0.25) is 0 Å². The molecule has 0 fully saturated rings. The van der Waals surface area contributed by atoms with E-state index in [-0.39, 0.29) is 0 Å². The summed E-state index contributed by atoms with van der Waals surface area (Å²) >= 11 is 0. The van der Waals surface area contributed by atoms with E-state index in [4.69, 9.17) is 0 Å². The van der Waals surface area contributed by atoms with Crippen molar-refractivity contribution in [2.45, 2.75) is 19.8 Å². The second-order valence-electron chi connectivity index (χ2n) is 2.97. The van der Waals surface area contributed by atoms with Crippen molar-refractivity contribution >= 4 is 12.0 Å². The number of anilines is 1. The number of carbonyl (C=O) groups is 1. The minimum atomic E-state index is 0.486. The minimum Gasteiger partial charge on any atom is -0.388 e. The lowest BCUT2D eigenvalue weighted by atomic mass is 10.1. The van der Waals surface area contributed by atoms with Gasteiger partial charge in [0.05, 0.1) is 0 Å². The fourth-order valence-electron chi connectivity index (χ4n) is 1.34. The molecule has 70 valence electrons. The summed E-state index contributed by atoms with van der Waals surface area (Å²) in [4.78, 5) is 10.4. The topological polar surface area (TPSA) is 29.1 Å². The number of hydrogen-bond acceptors (Lipinski definition) is 2. The summed E-state index contributed by atoms with van der Waals surface area (Å²) in [5.74, 6) is 0. The van der Waals surface area contributed by atoms with Crippen LogP contribution in [-0.4, -0.2) is 13.3 Å². The van der Waals surface area contributed by atoms with E-state index in [0.717, 1.165) is 24.0 Å². The fourth-order valence-corrected chi connectivity index (χ4v) is 1.34. The number of aryl methyl sites for hydroxylation is 1. The molecule has 13 heavy (non-hydrogen) atoms. The molecule has 1 aromatic rings. The molecule has 0 radical (unpaired) electrons. The van der Waals surface area contributed by atoms with Crippen molar-refractivity contribution in [2.24, 2.45) is 0 Å². The first-order valence-electron chi connectivity index (χ1n) is 4.55. The lowest BCUT2D eigenvalue weighted by Crippen LogP contribution is -1.97. The van der Waals surface area contributed by atoms with Crippen molar-refractivity contribution in [3.8, 4) is 0 Å². The van der Waals surface area contributed by atoms with Crippen LogP contribution in [0, 0.1) is 0 Å². The highest BCUT2D eigenvalue weighted by molar-refractivity contribution is 5.63. The molecule has 0 heterocycles. The van der Waals surface area contributed by atoms with Crippen molar-refractivity contribution < 1.29 is 4.79 Å². The molecule has 0 aliphatic carbocycles. The maximum absolute atomic E-state index is 10.4. The first-order valence-corrected chi connectivity index (χ1v) is 4.55. The van der Waals surface area contributed by atoms with Crippen LogP contribution in [0.3, 0.4) is 0 Å². The summed E-state index contributed by atoms with van der Waals surface area (Å²) in [6.45, 7) is 2.12. The Bertz CT molecular complexity index is 294. The molecule has 0 aliphatic heterocycles. The molecule has 0 amide bonds. The first kappa shape index (κ1) is 9.78. The Balaban J connectivity index is 3.00. The maximum atomic E-state index is 10.4. The summed E-state index contributed by atoms with van der Waals surface area (Å²) < 4.78 is 0. The van der Waals surface area contributed by atoms with Gasteiger partial charge >= 0.3 is 0 Å². The number of aldehydes is 1. The van der Waals surface area contributed by atoms with Crippen molar-refractivity contribution in [1.82, 2.24) is 0 Å². The Morgan fingerprint density at radius 2 is 2.23 bits per heavy atom. The predicted octanol–water partition coefficient (Wildman–Crippen LogP) is 2.03. The van der Waals surface area contributed by atoms with Gasteiger partial charge in [0.1, 0.15) is 6.29 Å². The Labute approximate surface area is 79.0 Å². The molecule has 0 aromatic heterocycles. The average Bonchev–Trinajstić information content (AvgIpc) is 2.19. The molecule has 0 aliphatic rings. The summed E-state index contributed by atoms with van der Waals surface area (Å²) in [5.41, 5.74) is 3.42. The Hall–Kier alpha value is -1.31. The van der Waals surface area contributed by atoms with Crippen LogP contribution in [0.4, 0.5) is 5.69 Å². The molecule has 2 nitrogen and oxygen atoms in total. The third kappa shape index (κ3) is 2.31.